The van der Waals surface area contributed by atoms with Crippen molar-refractivity contribution in [2.45, 2.75) is 58.2 Å². The number of hydrogen-bond acceptors (Lipinski definition) is 6. The summed E-state index contributed by atoms with van der Waals surface area (Å²) < 4.78 is 18.8. The number of rotatable bonds is 11. The van der Waals surface area contributed by atoms with E-state index in [0.29, 0.717) is 25.7 Å². The van der Waals surface area contributed by atoms with Crippen LogP contribution in [0.5, 0.6) is 11.5 Å². The molecule has 0 unspecified atom stereocenters. The molecule has 2 N–H and O–H groups in total. The first-order valence-corrected chi connectivity index (χ1v) is 11.3. The molecule has 0 radical (unpaired) electrons. The summed E-state index contributed by atoms with van der Waals surface area (Å²) >= 11 is 0. The number of aromatic nitrogens is 3. The van der Waals surface area contributed by atoms with E-state index in [0.717, 1.165) is 54.5 Å². The molecule has 0 amide bonds. The van der Waals surface area contributed by atoms with E-state index < -0.39 is 0 Å². The molecule has 1 aliphatic rings. The van der Waals surface area contributed by atoms with E-state index in [1.54, 1.807) is 14.2 Å². The minimum Gasteiger partial charge on any atom is -0.497 e. The molecule has 1 aromatic carbocycles. The third-order valence-corrected chi connectivity index (χ3v) is 5.69. The molecule has 9 nitrogen and oxygen atoms in total. The van der Waals surface area contributed by atoms with Crippen molar-refractivity contribution in [1.82, 2.24) is 25.4 Å². The van der Waals surface area contributed by atoms with Crippen molar-refractivity contribution in [2.24, 2.45) is 12.0 Å². The van der Waals surface area contributed by atoms with Crippen LogP contribution in [0.2, 0.25) is 0 Å². The van der Waals surface area contributed by atoms with Gasteiger partial charge >= 0.3 is 0 Å². The second-order valence-corrected chi connectivity index (χ2v) is 8.01. The summed E-state index contributed by atoms with van der Waals surface area (Å²) in [5, 5.41) is 15.1. The standard InChI is InChI=1S/C23H36N6O3.HI/c1-17-27-28-22(29(17)2)16-26-23(24-12-7-13-30-3)25-15-18-10-11-20(31-4)14-21(18)32-19-8-5-6-9-19;/h10-11,14,19H,5-9,12-13,15-16H2,1-4H3,(H2,24,25,26);1H. The first-order valence-electron chi connectivity index (χ1n) is 11.3. The Bertz CT molecular complexity index is 883. The molecule has 1 fully saturated rings. The predicted octanol–water partition coefficient (Wildman–Crippen LogP) is 3.34. The molecule has 0 aliphatic heterocycles. The van der Waals surface area contributed by atoms with Crippen molar-refractivity contribution in [1.29, 1.82) is 0 Å². The third kappa shape index (κ3) is 8.33. The Balaban J connectivity index is 0.00000385. The highest BCUT2D eigenvalue weighted by molar-refractivity contribution is 14.0. The van der Waals surface area contributed by atoms with Gasteiger partial charge in [0.05, 0.1) is 26.3 Å². The van der Waals surface area contributed by atoms with Crippen LogP contribution in [0.25, 0.3) is 0 Å². The number of nitrogens with one attached hydrogen (secondary N) is 2. The minimum atomic E-state index is 0. The van der Waals surface area contributed by atoms with E-state index >= 15 is 0 Å². The molecule has 0 spiro atoms. The largest absolute Gasteiger partial charge is 0.497 e. The zero-order valence-electron chi connectivity index (χ0n) is 20.1. The van der Waals surface area contributed by atoms with E-state index in [1.807, 2.05) is 36.7 Å². The molecule has 1 aliphatic carbocycles. The second-order valence-electron chi connectivity index (χ2n) is 8.01. The quantitative estimate of drug-likeness (QED) is 0.185. The van der Waals surface area contributed by atoms with Crippen molar-refractivity contribution in [3.63, 3.8) is 0 Å². The number of halogens is 1. The average Bonchev–Trinajstić information content (AvgIpc) is 3.43. The second kappa shape index (κ2) is 14.2. The summed E-state index contributed by atoms with van der Waals surface area (Å²) in [6.07, 6.45) is 5.81. The Hall–Kier alpha value is -2.08. The lowest BCUT2D eigenvalue weighted by Crippen LogP contribution is -2.38. The van der Waals surface area contributed by atoms with Crippen LogP contribution in [0.3, 0.4) is 0 Å². The van der Waals surface area contributed by atoms with Crippen molar-refractivity contribution in [2.75, 3.05) is 27.4 Å². The molecule has 10 heteroatoms. The van der Waals surface area contributed by atoms with Gasteiger partial charge < -0.3 is 29.4 Å². The van der Waals surface area contributed by atoms with Gasteiger partial charge in [0.25, 0.3) is 0 Å². The van der Waals surface area contributed by atoms with Gasteiger partial charge in [-0.1, -0.05) is 0 Å². The number of ether oxygens (including phenoxy) is 3. The minimum absolute atomic E-state index is 0. The van der Waals surface area contributed by atoms with Crippen LogP contribution in [0.1, 0.15) is 49.3 Å². The number of aryl methyl sites for hydroxylation is 1. The maximum absolute atomic E-state index is 6.31. The number of methoxy groups -OCH3 is 2. The van der Waals surface area contributed by atoms with Gasteiger partial charge in [0.1, 0.15) is 17.3 Å². The summed E-state index contributed by atoms with van der Waals surface area (Å²) in [4.78, 5) is 4.81. The molecule has 2 aromatic rings. The van der Waals surface area contributed by atoms with Gasteiger partial charge in [-0.15, -0.1) is 34.2 Å². The molecule has 33 heavy (non-hydrogen) atoms. The van der Waals surface area contributed by atoms with E-state index in [2.05, 4.69) is 20.8 Å². The van der Waals surface area contributed by atoms with Gasteiger partial charge in [-0.05, 0) is 51.2 Å². The van der Waals surface area contributed by atoms with Gasteiger partial charge in [0, 0.05) is 38.9 Å². The molecule has 1 heterocycles. The summed E-state index contributed by atoms with van der Waals surface area (Å²) in [5.41, 5.74) is 1.03. The third-order valence-electron chi connectivity index (χ3n) is 5.69. The lowest BCUT2D eigenvalue weighted by Gasteiger charge is -2.17. The number of benzene rings is 1. The first kappa shape index (κ1) is 27.2. The zero-order valence-corrected chi connectivity index (χ0v) is 22.4. The first-order chi connectivity index (χ1) is 15.6. The number of nitrogens with zero attached hydrogens (tertiary/aromatic N) is 4. The predicted molar refractivity (Wildman–Crippen MR) is 140 cm³/mol. The van der Waals surface area contributed by atoms with Crippen LogP contribution in [0, 0.1) is 6.92 Å². The molecule has 1 aromatic heterocycles. The number of guanidine groups is 1. The average molecular weight is 572 g/mol. The molecule has 0 atom stereocenters. The van der Waals surface area contributed by atoms with Gasteiger partial charge in [-0.2, -0.15) is 0 Å². The smallest absolute Gasteiger partial charge is 0.191 e. The van der Waals surface area contributed by atoms with Crippen LogP contribution in [-0.2, 0) is 24.9 Å². The van der Waals surface area contributed by atoms with Crippen molar-refractivity contribution < 1.29 is 14.2 Å². The maximum atomic E-state index is 6.31. The van der Waals surface area contributed by atoms with E-state index in [-0.39, 0.29) is 30.1 Å². The molecule has 0 saturated heterocycles. The fourth-order valence-electron chi connectivity index (χ4n) is 3.62. The summed E-state index contributed by atoms with van der Waals surface area (Å²) in [6, 6.07) is 5.94. The van der Waals surface area contributed by atoms with Crippen molar-refractivity contribution in [3.8, 4) is 11.5 Å². The maximum Gasteiger partial charge on any atom is 0.191 e. The Labute approximate surface area is 213 Å². The van der Waals surface area contributed by atoms with E-state index in [4.69, 9.17) is 19.2 Å². The van der Waals surface area contributed by atoms with Crippen molar-refractivity contribution >= 4 is 29.9 Å². The van der Waals surface area contributed by atoms with Gasteiger partial charge in [-0.25, -0.2) is 4.99 Å². The Morgan fingerprint density at radius 1 is 1.18 bits per heavy atom. The van der Waals surface area contributed by atoms with Crippen LogP contribution < -0.4 is 20.1 Å². The van der Waals surface area contributed by atoms with Crippen LogP contribution in [0.4, 0.5) is 0 Å². The highest BCUT2D eigenvalue weighted by Crippen LogP contribution is 2.30. The Morgan fingerprint density at radius 3 is 2.64 bits per heavy atom. The molecule has 184 valence electrons. The van der Waals surface area contributed by atoms with Crippen molar-refractivity contribution in [3.05, 3.63) is 35.4 Å². The highest BCUT2D eigenvalue weighted by Gasteiger charge is 2.18. The van der Waals surface area contributed by atoms with E-state index in [9.17, 15) is 0 Å². The normalized spacial score (nSPS) is 14.1. The lowest BCUT2D eigenvalue weighted by molar-refractivity contribution is 0.195. The number of aliphatic imine (C=N–C) groups is 1. The lowest BCUT2D eigenvalue weighted by atomic mass is 10.2. The van der Waals surface area contributed by atoms with Gasteiger partial charge in [0.2, 0.25) is 0 Å². The van der Waals surface area contributed by atoms with Gasteiger partial charge in [0.15, 0.2) is 11.8 Å². The van der Waals surface area contributed by atoms with E-state index in [1.165, 1.54) is 12.8 Å². The molecular weight excluding hydrogens is 535 g/mol. The topological polar surface area (TPSA) is 94.8 Å². The molecular formula is C23H37IN6O3. The van der Waals surface area contributed by atoms with Crippen LogP contribution in [-0.4, -0.2) is 54.2 Å². The summed E-state index contributed by atoms with van der Waals surface area (Å²) in [7, 11) is 5.34. The summed E-state index contributed by atoms with van der Waals surface area (Å²) in [6.45, 7) is 4.40. The molecule has 0 bridgehead atoms. The zero-order chi connectivity index (χ0) is 22.8. The molecule has 1 saturated carbocycles. The van der Waals surface area contributed by atoms with Gasteiger partial charge in [-0.3, -0.25) is 0 Å². The Morgan fingerprint density at radius 2 is 1.97 bits per heavy atom. The SMILES string of the molecule is COCCCNC(=NCc1ccc(OC)cc1OC1CCCC1)NCc1nnc(C)n1C.I. The number of hydrogen-bond donors (Lipinski definition) is 2. The van der Waals surface area contributed by atoms with Crippen LogP contribution >= 0.6 is 24.0 Å². The highest BCUT2D eigenvalue weighted by atomic mass is 127. The Kier molecular flexibility index (Phi) is 11.7. The summed E-state index contributed by atoms with van der Waals surface area (Å²) in [5.74, 6) is 4.08. The fourth-order valence-corrected chi connectivity index (χ4v) is 3.62. The monoisotopic (exact) mass is 572 g/mol. The molecule has 3 rings (SSSR count). The fraction of sp³-hybridized carbons (Fsp3) is 0.609. The van der Waals surface area contributed by atoms with Crippen LogP contribution in [0.15, 0.2) is 23.2 Å².